The standard InChI is InChI=1S/C21H24N4O/c1-15(21(26)24(2)3)25(4)14-16-12-22-20(23-13-16)19-11-7-9-17-8-5-6-10-18(17)19/h5-13,15H,14H2,1-4H3. The molecule has 134 valence electrons. The van der Waals surface area contributed by atoms with Gasteiger partial charge in [0.2, 0.25) is 5.91 Å². The largest absolute Gasteiger partial charge is 0.347 e. The molecule has 0 aliphatic carbocycles. The van der Waals surface area contributed by atoms with Gasteiger partial charge >= 0.3 is 0 Å². The highest BCUT2D eigenvalue weighted by atomic mass is 16.2. The summed E-state index contributed by atoms with van der Waals surface area (Å²) < 4.78 is 0. The van der Waals surface area contributed by atoms with Gasteiger partial charge in [0.1, 0.15) is 0 Å². The molecule has 1 aromatic heterocycles. The Morgan fingerprint density at radius 2 is 1.65 bits per heavy atom. The third-order valence-electron chi connectivity index (χ3n) is 4.63. The average Bonchev–Trinajstić information content (AvgIpc) is 2.67. The van der Waals surface area contributed by atoms with Gasteiger partial charge in [-0.2, -0.15) is 0 Å². The molecule has 0 spiro atoms. The van der Waals surface area contributed by atoms with E-state index in [9.17, 15) is 4.79 Å². The van der Waals surface area contributed by atoms with Crippen molar-refractivity contribution in [3.05, 3.63) is 60.4 Å². The molecule has 26 heavy (non-hydrogen) atoms. The predicted molar refractivity (Wildman–Crippen MR) is 105 cm³/mol. The zero-order valence-corrected chi connectivity index (χ0v) is 15.7. The van der Waals surface area contributed by atoms with Crippen molar-refractivity contribution in [2.24, 2.45) is 0 Å². The Hall–Kier alpha value is -2.79. The van der Waals surface area contributed by atoms with Crippen molar-refractivity contribution < 1.29 is 4.79 Å². The van der Waals surface area contributed by atoms with Crippen LogP contribution in [0.4, 0.5) is 0 Å². The smallest absolute Gasteiger partial charge is 0.239 e. The van der Waals surface area contributed by atoms with E-state index in [4.69, 9.17) is 0 Å². The van der Waals surface area contributed by atoms with Gasteiger partial charge in [-0.25, -0.2) is 9.97 Å². The van der Waals surface area contributed by atoms with Crippen LogP contribution in [0.15, 0.2) is 54.9 Å². The average molecular weight is 348 g/mol. The van der Waals surface area contributed by atoms with Crippen molar-refractivity contribution in [3.63, 3.8) is 0 Å². The number of rotatable bonds is 5. The van der Waals surface area contributed by atoms with Crippen LogP contribution in [0.5, 0.6) is 0 Å². The summed E-state index contributed by atoms with van der Waals surface area (Å²) in [5.41, 5.74) is 2.01. The highest BCUT2D eigenvalue weighted by molar-refractivity contribution is 5.94. The number of nitrogens with zero attached hydrogens (tertiary/aromatic N) is 4. The number of hydrogen-bond acceptors (Lipinski definition) is 4. The summed E-state index contributed by atoms with van der Waals surface area (Å²) in [6.07, 6.45) is 3.68. The first kappa shape index (κ1) is 18.0. The number of carbonyl (C=O) groups is 1. The molecule has 1 atom stereocenters. The van der Waals surface area contributed by atoms with Crippen LogP contribution in [0, 0.1) is 0 Å². The fraction of sp³-hybridized carbons (Fsp3) is 0.286. The van der Waals surface area contributed by atoms with Crippen LogP contribution in [-0.4, -0.2) is 52.9 Å². The quantitative estimate of drug-likeness (QED) is 0.710. The van der Waals surface area contributed by atoms with Crippen LogP contribution in [0.25, 0.3) is 22.2 Å². The van der Waals surface area contributed by atoms with Crippen LogP contribution in [0.2, 0.25) is 0 Å². The normalized spacial score (nSPS) is 12.3. The summed E-state index contributed by atoms with van der Waals surface area (Å²) in [5.74, 6) is 0.798. The van der Waals surface area contributed by atoms with E-state index in [1.165, 1.54) is 5.39 Å². The lowest BCUT2D eigenvalue weighted by molar-refractivity contribution is -0.133. The molecular formula is C21H24N4O. The summed E-state index contributed by atoms with van der Waals surface area (Å²) in [7, 11) is 5.48. The fourth-order valence-corrected chi connectivity index (χ4v) is 2.98. The highest BCUT2D eigenvalue weighted by Crippen LogP contribution is 2.25. The van der Waals surface area contributed by atoms with Gasteiger partial charge in [0.25, 0.3) is 0 Å². The SMILES string of the molecule is CC(C(=O)N(C)C)N(C)Cc1cnc(-c2cccc3ccccc23)nc1. The first-order chi connectivity index (χ1) is 12.5. The van der Waals surface area contributed by atoms with Gasteiger partial charge in [-0.05, 0) is 24.7 Å². The third-order valence-corrected chi connectivity index (χ3v) is 4.63. The molecule has 1 amide bonds. The summed E-state index contributed by atoms with van der Waals surface area (Å²) in [6.45, 7) is 2.53. The Morgan fingerprint density at radius 3 is 2.35 bits per heavy atom. The Balaban J connectivity index is 1.79. The summed E-state index contributed by atoms with van der Waals surface area (Å²) in [5, 5.41) is 2.32. The lowest BCUT2D eigenvalue weighted by Gasteiger charge is -2.26. The molecule has 0 N–H and O–H groups in total. The molecule has 0 saturated carbocycles. The van der Waals surface area contributed by atoms with Gasteiger partial charge in [-0.1, -0.05) is 42.5 Å². The van der Waals surface area contributed by atoms with Gasteiger partial charge in [0, 0.05) is 44.2 Å². The first-order valence-corrected chi connectivity index (χ1v) is 8.68. The first-order valence-electron chi connectivity index (χ1n) is 8.68. The van der Waals surface area contributed by atoms with Crippen LogP contribution in [-0.2, 0) is 11.3 Å². The van der Waals surface area contributed by atoms with Gasteiger partial charge in [-0.15, -0.1) is 0 Å². The van der Waals surface area contributed by atoms with Gasteiger partial charge in [0.05, 0.1) is 6.04 Å². The number of aromatic nitrogens is 2. The van der Waals surface area contributed by atoms with Crippen molar-refractivity contribution in [3.8, 4) is 11.4 Å². The molecule has 0 radical (unpaired) electrons. The minimum Gasteiger partial charge on any atom is -0.347 e. The molecule has 5 nitrogen and oxygen atoms in total. The van der Waals surface area contributed by atoms with E-state index in [1.807, 2.05) is 55.5 Å². The molecule has 2 aromatic carbocycles. The Bertz CT molecular complexity index is 900. The minimum atomic E-state index is -0.192. The van der Waals surface area contributed by atoms with E-state index < -0.39 is 0 Å². The molecule has 1 heterocycles. The van der Waals surface area contributed by atoms with Crippen molar-refractivity contribution in [1.29, 1.82) is 0 Å². The monoisotopic (exact) mass is 348 g/mol. The number of amides is 1. The molecule has 1 unspecified atom stereocenters. The number of benzene rings is 2. The molecule has 0 saturated heterocycles. The maximum Gasteiger partial charge on any atom is 0.239 e. The Kier molecular flexibility index (Phi) is 5.28. The van der Waals surface area contributed by atoms with Gasteiger partial charge in [0.15, 0.2) is 5.82 Å². The van der Waals surface area contributed by atoms with E-state index >= 15 is 0 Å². The molecule has 0 aliphatic rings. The highest BCUT2D eigenvalue weighted by Gasteiger charge is 2.19. The molecule has 5 heteroatoms. The van der Waals surface area contributed by atoms with E-state index in [2.05, 4.69) is 28.2 Å². The molecule has 0 bridgehead atoms. The van der Waals surface area contributed by atoms with E-state index in [0.29, 0.717) is 12.4 Å². The predicted octanol–water partition coefficient (Wildman–Crippen LogP) is 3.21. The zero-order chi connectivity index (χ0) is 18.7. The van der Waals surface area contributed by atoms with Crippen LogP contribution in [0.1, 0.15) is 12.5 Å². The van der Waals surface area contributed by atoms with Crippen LogP contribution >= 0.6 is 0 Å². The van der Waals surface area contributed by atoms with Crippen molar-refractivity contribution in [2.45, 2.75) is 19.5 Å². The van der Waals surface area contributed by atoms with E-state index in [-0.39, 0.29) is 11.9 Å². The lowest BCUT2D eigenvalue weighted by atomic mass is 10.0. The second-order valence-electron chi connectivity index (χ2n) is 6.77. The minimum absolute atomic E-state index is 0.0841. The number of fused-ring (bicyclic) bond motifs is 1. The van der Waals surface area contributed by atoms with Crippen molar-refractivity contribution in [1.82, 2.24) is 19.8 Å². The summed E-state index contributed by atoms with van der Waals surface area (Å²) in [6, 6.07) is 14.2. The summed E-state index contributed by atoms with van der Waals surface area (Å²) in [4.78, 5) is 24.8. The molecule has 3 rings (SSSR count). The number of hydrogen-bond donors (Lipinski definition) is 0. The van der Waals surface area contributed by atoms with Crippen LogP contribution < -0.4 is 0 Å². The topological polar surface area (TPSA) is 49.3 Å². The third kappa shape index (κ3) is 3.73. The Morgan fingerprint density at radius 1 is 1.00 bits per heavy atom. The Labute approximate surface area is 154 Å². The maximum absolute atomic E-state index is 12.1. The van der Waals surface area contributed by atoms with E-state index in [1.54, 1.807) is 19.0 Å². The molecule has 0 fully saturated rings. The van der Waals surface area contributed by atoms with Crippen molar-refractivity contribution >= 4 is 16.7 Å². The van der Waals surface area contributed by atoms with Crippen LogP contribution in [0.3, 0.4) is 0 Å². The van der Waals surface area contributed by atoms with E-state index in [0.717, 1.165) is 16.5 Å². The zero-order valence-electron chi connectivity index (χ0n) is 15.7. The molecule has 0 aliphatic heterocycles. The van der Waals surface area contributed by atoms with Gasteiger partial charge in [-0.3, -0.25) is 9.69 Å². The second kappa shape index (κ2) is 7.62. The fourth-order valence-electron chi connectivity index (χ4n) is 2.98. The van der Waals surface area contributed by atoms with Gasteiger partial charge < -0.3 is 4.90 Å². The molecule has 3 aromatic rings. The molecular weight excluding hydrogens is 324 g/mol. The summed E-state index contributed by atoms with van der Waals surface area (Å²) >= 11 is 0. The second-order valence-corrected chi connectivity index (χ2v) is 6.77. The number of carbonyl (C=O) groups excluding carboxylic acids is 1. The number of likely N-dealkylation sites (N-methyl/N-ethyl adjacent to an activating group) is 2. The van der Waals surface area contributed by atoms with Crippen molar-refractivity contribution in [2.75, 3.05) is 21.1 Å². The maximum atomic E-state index is 12.1. The lowest BCUT2D eigenvalue weighted by Crippen LogP contribution is -2.42.